The van der Waals surface area contributed by atoms with Gasteiger partial charge in [-0.05, 0) is 66.0 Å². The van der Waals surface area contributed by atoms with Crippen LogP contribution in [0.3, 0.4) is 0 Å². The Hall–Kier alpha value is -2.91. The third-order valence-electron chi connectivity index (χ3n) is 4.07. The molecule has 0 radical (unpaired) electrons. The maximum Gasteiger partial charge on any atom is 0.266 e. The molecule has 2 aromatic heterocycles. The van der Waals surface area contributed by atoms with Crippen LogP contribution in [0.25, 0.3) is 11.7 Å². The fraction of sp³-hybridized carbons (Fsp3) is 0.150. The van der Waals surface area contributed by atoms with Crippen LogP contribution >= 0.6 is 15.9 Å². The van der Waals surface area contributed by atoms with Crippen molar-refractivity contribution in [1.29, 1.82) is 5.26 Å². The second kappa shape index (κ2) is 7.14. The van der Waals surface area contributed by atoms with Crippen LogP contribution in [0.5, 0.6) is 0 Å². The first kappa shape index (κ1) is 17.9. The number of pyridine rings is 1. The van der Waals surface area contributed by atoms with Gasteiger partial charge in [0.15, 0.2) is 0 Å². The van der Waals surface area contributed by atoms with Crippen LogP contribution in [0.2, 0.25) is 0 Å². The summed E-state index contributed by atoms with van der Waals surface area (Å²) in [7, 11) is 0. The predicted octanol–water partition coefficient (Wildman–Crippen LogP) is 4.57. The van der Waals surface area contributed by atoms with Gasteiger partial charge < -0.3 is 5.32 Å². The lowest BCUT2D eigenvalue weighted by Gasteiger charge is -2.12. The van der Waals surface area contributed by atoms with Gasteiger partial charge in [0.2, 0.25) is 0 Å². The number of imidazole rings is 1. The summed E-state index contributed by atoms with van der Waals surface area (Å²) < 4.78 is 2.70. The Morgan fingerprint density at radius 3 is 2.62 bits per heavy atom. The molecular weight excluding hydrogens is 392 g/mol. The molecule has 3 rings (SSSR count). The SMILES string of the molecule is Cc1cc(C)c(NC(=O)C(C#N)=Cc2cnc3ccc(Br)cn23)c(C)c1. The minimum atomic E-state index is -0.438. The van der Waals surface area contributed by atoms with Gasteiger partial charge in [-0.15, -0.1) is 0 Å². The average Bonchev–Trinajstić information content (AvgIpc) is 2.97. The molecule has 3 aromatic rings. The zero-order valence-corrected chi connectivity index (χ0v) is 16.3. The number of fused-ring (bicyclic) bond motifs is 1. The highest BCUT2D eigenvalue weighted by atomic mass is 79.9. The number of carbonyl (C=O) groups is 1. The number of anilines is 1. The van der Waals surface area contributed by atoms with Crippen LogP contribution in [0.4, 0.5) is 5.69 Å². The van der Waals surface area contributed by atoms with Gasteiger partial charge in [0.1, 0.15) is 17.3 Å². The average molecular weight is 409 g/mol. The van der Waals surface area contributed by atoms with Gasteiger partial charge in [-0.2, -0.15) is 5.26 Å². The number of carbonyl (C=O) groups excluding carboxylic acids is 1. The fourth-order valence-corrected chi connectivity index (χ4v) is 3.27. The Morgan fingerprint density at radius 2 is 1.96 bits per heavy atom. The molecule has 26 heavy (non-hydrogen) atoms. The molecule has 0 aliphatic heterocycles. The topological polar surface area (TPSA) is 70.2 Å². The number of benzene rings is 1. The lowest BCUT2D eigenvalue weighted by molar-refractivity contribution is -0.112. The van der Waals surface area contributed by atoms with Crippen molar-refractivity contribution in [2.45, 2.75) is 20.8 Å². The molecule has 0 saturated carbocycles. The molecule has 0 atom stereocenters. The van der Waals surface area contributed by atoms with Gasteiger partial charge in [0.25, 0.3) is 5.91 Å². The Morgan fingerprint density at radius 1 is 1.27 bits per heavy atom. The van der Waals surface area contributed by atoms with Crippen molar-refractivity contribution < 1.29 is 4.79 Å². The van der Waals surface area contributed by atoms with E-state index in [0.717, 1.165) is 32.5 Å². The second-order valence-electron chi connectivity index (χ2n) is 6.16. The van der Waals surface area contributed by atoms with Crippen LogP contribution in [0.1, 0.15) is 22.4 Å². The fourth-order valence-electron chi connectivity index (χ4n) is 2.93. The van der Waals surface area contributed by atoms with Crippen LogP contribution in [0.15, 0.2) is 46.7 Å². The lowest BCUT2D eigenvalue weighted by Crippen LogP contribution is -2.15. The van der Waals surface area contributed by atoms with Gasteiger partial charge in [-0.25, -0.2) is 4.98 Å². The third kappa shape index (κ3) is 3.53. The summed E-state index contributed by atoms with van der Waals surface area (Å²) in [4.78, 5) is 16.9. The summed E-state index contributed by atoms with van der Waals surface area (Å²) in [6.45, 7) is 5.88. The molecule has 0 spiro atoms. The van der Waals surface area contributed by atoms with E-state index in [4.69, 9.17) is 0 Å². The number of hydrogen-bond donors (Lipinski definition) is 1. The number of amides is 1. The molecule has 0 fully saturated rings. The zero-order valence-electron chi connectivity index (χ0n) is 14.7. The summed E-state index contributed by atoms with van der Waals surface area (Å²) in [6, 6.07) is 9.73. The normalized spacial score (nSPS) is 11.4. The van der Waals surface area contributed by atoms with Gasteiger partial charge in [0, 0.05) is 16.4 Å². The molecule has 6 heteroatoms. The highest BCUT2D eigenvalue weighted by Crippen LogP contribution is 2.23. The van der Waals surface area contributed by atoms with E-state index in [1.807, 2.05) is 61.7 Å². The van der Waals surface area contributed by atoms with E-state index < -0.39 is 5.91 Å². The minimum absolute atomic E-state index is 0.0196. The maximum absolute atomic E-state index is 12.6. The van der Waals surface area contributed by atoms with Crippen molar-refractivity contribution in [3.63, 3.8) is 0 Å². The summed E-state index contributed by atoms with van der Waals surface area (Å²) in [5, 5.41) is 12.3. The van der Waals surface area contributed by atoms with Crippen molar-refractivity contribution in [3.05, 3.63) is 69.1 Å². The minimum Gasteiger partial charge on any atom is -0.321 e. The van der Waals surface area contributed by atoms with Crippen molar-refractivity contribution >= 4 is 39.2 Å². The van der Waals surface area contributed by atoms with Crippen molar-refractivity contribution in [3.8, 4) is 6.07 Å². The van der Waals surface area contributed by atoms with E-state index in [2.05, 4.69) is 26.2 Å². The molecule has 0 saturated heterocycles. The summed E-state index contributed by atoms with van der Waals surface area (Å²) in [6.07, 6.45) is 5.02. The van der Waals surface area contributed by atoms with E-state index in [1.165, 1.54) is 0 Å². The summed E-state index contributed by atoms with van der Waals surface area (Å²) in [5.41, 5.74) is 5.21. The quantitative estimate of drug-likeness (QED) is 0.509. The molecule has 2 heterocycles. The molecule has 0 aliphatic rings. The first-order valence-electron chi connectivity index (χ1n) is 8.02. The largest absolute Gasteiger partial charge is 0.321 e. The van der Waals surface area contributed by atoms with E-state index in [-0.39, 0.29) is 5.57 Å². The monoisotopic (exact) mass is 408 g/mol. The predicted molar refractivity (Wildman–Crippen MR) is 106 cm³/mol. The number of rotatable bonds is 3. The Kier molecular flexibility index (Phi) is 4.92. The number of nitriles is 1. The first-order valence-corrected chi connectivity index (χ1v) is 8.82. The number of aryl methyl sites for hydroxylation is 3. The van der Waals surface area contributed by atoms with Crippen molar-refractivity contribution in [2.75, 3.05) is 5.32 Å². The van der Waals surface area contributed by atoms with Crippen LogP contribution in [-0.2, 0) is 4.79 Å². The summed E-state index contributed by atoms with van der Waals surface area (Å²) in [5.74, 6) is -0.438. The Balaban J connectivity index is 1.96. The van der Waals surface area contributed by atoms with Crippen LogP contribution in [0, 0.1) is 32.1 Å². The Labute approximate surface area is 160 Å². The second-order valence-corrected chi connectivity index (χ2v) is 7.07. The van der Waals surface area contributed by atoms with E-state index in [9.17, 15) is 10.1 Å². The number of aromatic nitrogens is 2. The smallest absolute Gasteiger partial charge is 0.266 e. The highest BCUT2D eigenvalue weighted by Gasteiger charge is 2.14. The first-order chi connectivity index (χ1) is 12.4. The third-order valence-corrected chi connectivity index (χ3v) is 4.54. The molecule has 0 aliphatic carbocycles. The van der Waals surface area contributed by atoms with Crippen LogP contribution in [-0.4, -0.2) is 15.3 Å². The summed E-state index contributed by atoms with van der Waals surface area (Å²) >= 11 is 3.42. The van der Waals surface area contributed by atoms with Gasteiger partial charge in [-0.3, -0.25) is 9.20 Å². The molecule has 0 unspecified atom stereocenters. The number of nitrogens with zero attached hydrogens (tertiary/aromatic N) is 3. The molecule has 1 aromatic carbocycles. The number of halogens is 1. The molecule has 1 N–H and O–H groups in total. The van der Waals surface area contributed by atoms with Gasteiger partial charge in [-0.1, -0.05) is 17.7 Å². The van der Waals surface area contributed by atoms with E-state index in [0.29, 0.717) is 5.69 Å². The Bertz CT molecular complexity index is 1070. The molecule has 5 nitrogen and oxygen atoms in total. The highest BCUT2D eigenvalue weighted by molar-refractivity contribution is 9.10. The molecule has 130 valence electrons. The van der Waals surface area contributed by atoms with Crippen LogP contribution < -0.4 is 5.32 Å². The van der Waals surface area contributed by atoms with Crippen molar-refractivity contribution in [2.24, 2.45) is 0 Å². The zero-order chi connectivity index (χ0) is 18.8. The number of hydrogen-bond acceptors (Lipinski definition) is 3. The molecular formula is C20H17BrN4O. The lowest BCUT2D eigenvalue weighted by atomic mass is 10.0. The van der Waals surface area contributed by atoms with E-state index in [1.54, 1.807) is 12.3 Å². The van der Waals surface area contributed by atoms with Gasteiger partial charge in [0.05, 0.1) is 11.9 Å². The molecule has 0 bridgehead atoms. The maximum atomic E-state index is 12.6. The number of nitrogens with one attached hydrogen (secondary N) is 1. The van der Waals surface area contributed by atoms with Crippen molar-refractivity contribution in [1.82, 2.24) is 9.38 Å². The molecule has 1 amide bonds. The van der Waals surface area contributed by atoms with E-state index >= 15 is 0 Å². The van der Waals surface area contributed by atoms with Gasteiger partial charge >= 0.3 is 0 Å². The standard InChI is InChI=1S/C20H17BrN4O/c1-12-6-13(2)19(14(3)7-12)24-20(26)15(9-22)8-17-10-23-18-5-4-16(21)11-25(17)18/h4-8,10-11H,1-3H3,(H,24,26).